The van der Waals surface area contributed by atoms with Gasteiger partial charge in [-0.05, 0) is 55.3 Å². The first kappa shape index (κ1) is 21.1. The van der Waals surface area contributed by atoms with Crippen LogP contribution in [0.2, 0.25) is 0 Å². The number of hydrogen-bond acceptors (Lipinski definition) is 5. The third kappa shape index (κ3) is 4.03. The largest absolute Gasteiger partial charge is 0.461 e. The zero-order valence-corrected chi connectivity index (χ0v) is 17.7. The van der Waals surface area contributed by atoms with E-state index in [4.69, 9.17) is 4.74 Å². The second-order valence-corrected chi connectivity index (χ2v) is 7.34. The van der Waals surface area contributed by atoms with Crippen LogP contribution in [0.3, 0.4) is 0 Å². The Labute approximate surface area is 184 Å². The van der Waals surface area contributed by atoms with E-state index >= 15 is 0 Å². The third-order valence-electron chi connectivity index (χ3n) is 5.11. The third-order valence-corrected chi connectivity index (χ3v) is 5.11. The summed E-state index contributed by atoms with van der Waals surface area (Å²) in [7, 11) is 0. The lowest BCUT2D eigenvalue weighted by Crippen LogP contribution is -2.15. The number of pyridine rings is 1. The molecule has 0 saturated carbocycles. The summed E-state index contributed by atoms with van der Waals surface area (Å²) < 4.78 is 21.8. The van der Waals surface area contributed by atoms with Crippen molar-refractivity contribution in [1.29, 1.82) is 5.26 Å². The Morgan fingerprint density at radius 1 is 1.25 bits per heavy atom. The number of aromatic nitrogens is 2. The number of benzene rings is 2. The van der Waals surface area contributed by atoms with E-state index in [0.717, 1.165) is 16.6 Å². The number of aryl methyl sites for hydroxylation is 1. The Hall–Kier alpha value is -4.18. The van der Waals surface area contributed by atoms with Crippen molar-refractivity contribution in [3.05, 3.63) is 89.1 Å². The number of esters is 1. The van der Waals surface area contributed by atoms with Crippen LogP contribution in [-0.4, -0.2) is 22.1 Å². The molecule has 4 rings (SSSR count). The molecule has 0 spiro atoms. The van der Waals surface area contributed by atoms with Crippen molar-refractivity contribution in [2.24, 2.45) is 0 Å². The Balaban J connectivity index is 1.91. The first-order chi connectivity index (χ1) is 15.5. The summed E-state index contributed by atoms with van der Waals surface area (Å²) in [6, 6.07) is 16.0. The van der Waals surface area contributed by atoms with Crippen LogP contribution in [0.1, 0.15) is 34.1 Å². The molecule has 1 N–H and O–H groups in total. The molecular weight excluding hydrogens is 407 g/mol. The van der Waals surface area contributed by atoms with Gasteiger partial charge in [0, 0.05) is 24.3 Å². The zero-order valence-electron chi connectivity index (χ0n) is 17.7. The van der Waals surface area contributed by atoms with Crippen molar-refractivity contribution in [1.82, 2.24) is 9.55 Å². The first-order valence-electron chi connectivity index (χ1n) is 10.2. The number of hydrogen-bond donors (Lipinski definition) is 1. The molecule has 0 unspecified atom stereocenters. The molecule has 2 heterocycles. The number of anilines is 2. The second kappa shape index (κ2) is 8.90. The van der Waals surface area contributed by atoms with Crippen LogP contribution in [0.25, 0.3) is 10.9 Å². The summed E-state index contributed by atoms with van der Waals surface area (Å²) in [5, 5.41) is 13.0. The van der Waals surface area contributed by atoms with Gasteiger partial charge in [0.15, 0.2) is 5.69 Å². The number of nitriles is 1. The monoisotopic (exact) mass is 428 g/mol. The highest BCUT2D eigenvalue weighted by molar-refractivity contribution is 6.07. The number of fused-ring (bicyclic) bond motifs is 1. The quantitative estimate of drug-likeness (QED) is 0.420. The van der Waals surface area contributed by atoms with E-state index < -0.39 is 11.8 Å². The van der Waals surface area contributed by atoms with Crippen LogP contribution in [0.4, 0.5) is 15.8 Å². The fourth-order valence-corrected chi connectivity index (χ4v) is 3.68. The molecule has 2 aromatic carbocycles. The molecule has 0 amide bonds. The number of nitrogens with one attached hydrogen (secondary N) is 1. The molecule has 0 bridgehead atoms. The highest BCUT2D eigenvalue weighted by Gasteiger charge is 2.25. The van der Waals surface area contributed by atoms with Crippen LogP contribution in [0.15, 0.2) is 60.9 Å². The van der Waals surface area contributed by atoms with Crippen molar-refractivity contribution < 1.29 is 13.9 Å². The molecule has 7 heteroatoms. The molecular formula is C25H21FN4O2. The van der Waals surface area contributed by atoms with Gasteiger partial charge >= 0.3 is 5.97 Å². The number of ether oxygens (including phenoxy) is 1. The summed E-state index contributed by atoms with van der Waals surface area (Å²) in [6.07, 6.45) is 3.27. The summed E-state index contributed by atoms with van der Waals surface area (Å²) in [5.41, 5.74) is 3.83. The summed E-state index contributed by atoms with van der Waals surface area (Å²) in [4.78, 5) is 17.3. The Morgan fingerprint density at radius 2 is 2.09 bits per heavy atom. The zero-order chi connectivity index (χ0) is 22.7. The van der Waals surface area contributed by atoms with E-state index in [9.17, 15) is 14.4 Å². The van der Waals surface area contributed by atoms with Gasteiger partial charge < -0.3 is 14.6 Å². The molecule has 0 fully saturated rings. The SMILES string of the molecule is CCOC(=O)c1c(Nc2ccc(C)cc2F)c2cnccc2n1Cc1cccc(C#N)c1. The van der Waals surface area contributed by atoms with Gasteiger partial charge in [-0.25, -0.2) is 9.18 Å². The lowest BCUT2D eigenvalue weighted by molar-refractivity contribution is 0.0516. The number of carbonyl (C=O) groups excluding carboxylic acids is 1. The molecule has 0 saturated heterocycles. The second-order valence-electron chi connectivity index (χ2n) is 7.34. The van der Waals surface area contributed by atoms with Crippen molar-refractivity contribution in [2.75, 3.05) is 11.9 Å². The summed E-state index contributed by atoms with van der Waals surface area (Å²) in [6.45, 7) is 4.06. The van der Waals surface area contributed by atoms with E-state index in [1.165, 1.54) is 6.07 Å². The molecule has 0 radical (unpaired) electrons. The van der Waals surface area contributed by atoms with E-state index in [2.05, 4.69) is 16.4 Å². The molecule has 2 aromatic heterocycles. The van der Waals surface area contributed by atoms with Gasteiger partial charge in [-0.15, -0.1) is 0 Å². The van der Waals surface area contributed by atoms with Crippen molar-refractivity contribution >= 4 is 28.2 Å². The van der Waals surface area contributed by atoms with Gasteiger partial charge in [0.1, 0.15) is 5.82 Å². The minimum atomic E-state index is -0.532. The highest BCUT2D eigenvalue weighted by atomic mass is 19.1. The summed E-state index contributed by atoms with van der Waals surface area (Å²) in [5.74, 6) is -0.957. The van der Waals surface area contributed by atoms with Gasteiger partial charge in [0.2, 0.25) is 0 Å². The maximum absolute atomic E-state index is 14.6. The standard InChI is InChI=1S/C25H21FN4O2/c1-3-32-25(31)24-23(29-21-8-7-16(2)11-20(21)26)19-14-28-10-9-22(19)30(24)15-18-6-4-5-17(12-18)13-27/h4-12,14,29H,3,15H2,1-2H3. The van der Waals surface area contributed by atoms with Gasteiger partial charge in [-0.2, -0.15) is 5.26 Å². The van der Waals surface area contributed by atoms with Gasteiger partial charge in [0.25, 0.3) is 0 Å². The van der Waals surface area contributed by atoms with Crippen molar-refractivity contribution in [3.63, 3.8) is 0 Å². The van der Waals surface area contributed by atoms with E-state index in [-0.39, 0.29) is 18.0 Å². The number of carbonyl (C=O) groups is 1. The van der Waals surface area contributed by atoms with Crippen LogP contribution in [0.5, 0.6) is 0 Å². The van der Waals surface area contributed by atoms with E-state index in [1.807, 2.05) is 13.0 Å². The predicted molar refractivity (Wildman–Crippen MR) is 120 cm³/mol. The maximum atomic E-state index is 14.6. The smallest absolute Gasteiger partial charge is 0.357 e. The van der Waals surface area contributed by atoms with Gasteiger partial charge in [0.05, 0.1) is 35.1 Å². The minimum absolute atomic E-state index is 0.195. The van der Waals surface area contributed by atoms with Crippen LogP contribution in [0, 0.1) is 24.1 Å². The number of halogens is 1. The molecule has 0 atom stereocenters. The number of rotatable bonds is 6. The van der Waals surface area contributed by atoms with Crippen LogP contribution in [-0.2, 0) is 11.3 Å². The molecule has 32 heavy (non-hydrogen) atoms. The Kier molecular flexibility index (Phi) is 5.86. The van der Waals surface area contributed by atoms with Gasteiger partial charge in [-0.3, -0.25) is 4.98 Å². The average Bonchev–Trinajstić information content (AvgIpc) is 3.09. The molecule has 6 nitrogen and oxygen atoms in total. The predicted octanol–water partition coefficient (Wildman–Crippen LogP) is 5.32. The van der Waals surface area contributed by atoms with E-state index in [0.29, 0.717) is 23.2 Å². The fraction of sp³-hybridized carbons (Fsp3) is 0.160. The van der Waals surface area contributed by atoms with E-state index in [1.54, 1.807) is 60.3 Å². The number of nitrogens with zero attached hydrogens (tertiary/aromatic N) is 3. The molecule has 0 aliphatic rings. The lowest BCUT2D eigenvalue weighted by atomic mass is 10.1. The molecule has 0 aliphatic carbocycles. The maximum Gasteiger partial charge on any atom is 0.357 e. The Morgan fingerprint density at radius 3 is 2.84 bits per heavy atom. The topological polar surface area (TPSA) is 79.9 Å². The van der Waals surface area contributed by atoms with Crippen molar-refractivity contribution in [2.45, 2.75) is 20.4 Å². The molecule has 160 valence electrons. The van der Waals surface area contributed by atoms with Crippen LogP contribution < -0.4 is 5.32 Å². The minimum Gasteiger partial charge on any atom is -0.461 e. The first-order valence-corrected chi connectivity index (χ1v) is 10.2. The van der Waals surface area contributed by atoms with Crippen LogP contribution >= 0.6 is 0 Å². The summed E-state index contributed by atoms with van der Waals surface area (Å²) >= 11 is 0. The molecule has 0 aliphatic heterocycles. The average molecular weight is 428 g/mol. The lowest BCUT2D eigenvalue weighted by Gasteiger charge is -2.13. The Bertz CT molecular complexity index is 1350. The van der Waals surface area contributed by atoms with Crippen molar-refractivity contribution in [3.8, 4) is 6.07 Å². The fourth-order valence-electron chi connectivity index (χ4n) is 3.68. The normalized spacial score (nSPS) is 10.7. The van der Waals surface area contributed by atoms with Gasteiger partial charge in [-0.1, -0.05) is 18.2 Å². The molecule has 4 aromatic rings. The highest BCUT2D eigenvalue weighted by Crippen LogP contribution is 2.35.